The Morgan fingerprint density at radius 1 is 1.17 bits per heavy atom. The molecular formula is C17H22N4O3. The molecule has 1 aliphatic rings. The number of hydrogen-bond acceptors (Lipinski definition) is 7. The minimum absolute atomic E-state index is 0.259. The molecule has 0 saturated carbocycles. The zero-order valence-corrected chi connectivity index (χ0v) is 13.9. The number of nitrogens with one attached hydrogen (secondary N) is 2. The van der Waals surface area contributed by atoms with E-state index in [0.717, 1.165) is 43.2 Å². The Morgan fingerprint density at radius 3 is 2.79 bits per heavy atom. The van der Waals surface area contributed by atoms with Crippen LogP contribution in [0.5, 0.6) is 11.5 Å². The monoisotopic (exact) mass is 330 g/mol. The van der Waals surface area contributed by atoms with Crippen molar-refractivity contribution in [2.24, 2.45) is 0 Å². The van der Waals surface area contributed by atoms with E-state index in [9.17, 15) is 0 Å². The summed E-state index contributed by atoms with van der Waals surface area (Å²) in [5.41, 5.74) is 0.778. The summed E-state index contributed by atoms with van der Waals surface area (Å²) in [5.74, 6) is 2.88. The summed E-state index contributed by atoms with van der Waals surface area (Å²) in [7, 11) is 3.25. The molecule has 3 rings (SSSR count). The van der Waals surface area contributed by atoms with E-state index in [4.69, 9.17) is 14.2 Å². The maximum atomic E-state index is 5.60. The lowest BCUT2D eigenvalue weighted by Crippen LogP contribution is -2.19. The fourth-order valence-electron chi connectivity index (χ4n) is 2.60. The van der Waals surface area contributed by atoms with Crippen molar-refractivity contribution in [2.45, 2.75) is 18.9 Å². The summed E-state index contributed by atoms with van der Waals surface area (Å²) in [6.45, 7) is 1.59. The Kier molecular flexibility index (Phi) is 5.32. The van der Waals surface area contributed by atoms with Crippen LogP contribution in [0.2, 0.25) is 0 Å². The molecule has 1 aromatic carbocycles. The summed E-state index contributed by atoms with van der Waals surface area (Å²) in [6.07, 6.45) is 3.99. The number of methoxy groups -OCH3 is 2. The third-order valence-electron chi connectivity index (χ3n) is 3.87. The first-order valence-corrected chi connectivity index (χ1v) is 7.95. The van der Waals surface area contributed by atoms with Gasteiger partial charge in [0.2, 0.25) is 0 Å². The quantitative estimate of drug-likeness (QED) is 0.808. The van der Waals surface area contributed by atoms with Gasteiger partial charge in [0, 0.05) is 25.3 Å². The summed E-state index contributed by atoms with van der Waals surface area (Å²) in [5, 5.41) is 6.53. The number of anilines is 3. The van der Waals surface area contributed by atoms with Crippen molar-refractivity contribution in [3.05, 3.63) is 30.6 Å². The van der Waals surface area contributed by atoms with E-state index in [-0.39, 0.29) is 6.10 Å². The third kappa shape index (κ3) is 4.05. The number of aromatic nitrogens is 2. The molecule has 1 aromatic heterocycles. The largest absolute Gasteiger partial charge is 0.497 e. The Labute approximate surface area is 141 Å². The Balaban J connectivity index is 1.69. The van der Waals surface area contributed by atoms with Crippen LogP contribution in [-0.4, -0.2) is 43.4 Å². The van der Waals surface area contributed by atoms with Gasteiger partial charge in [0.05, 0.1) is 26.0 Å². The van der Waals surface area contributed by atoms with Crippen LogP contribution in [0, 0.1) is 0 Å². The Bertz CT molecular complexity index is 675. The van der Waals surface area contributed by atoms with Gasteiger partial charge < -0.3 is 24.8 Å². The molecule has 128 valence electrons. The number of rotatable bonds is 7. The average Bonchev–Trinajstić information content (AvgIpc) is 3.14. The smallest absolute Gasteiger partial charge is 0.142 e. The predicted octanol–water partition coefficient (Wildman–Crippen LogP) is 2.83. The van der Waals surface area contributed by atoms with Gasteiger partial charge in [-0.1, -0.05) is 0 Å². The topological polar surface area (TPSA) is 77.5 Å². The van der Waals surface area contributed by atoms with E-state index in [1.165, 1.54) is 6.33 Å². The van der Waals surface area contributed by atoms with E-state index in [1.807, 2.05) is 24.3 Å². The van der Waals surface area contributed by atoms with E-state index in [2.05, 4.69) is 20.6 Å². The Hall–Kier alpha value is -2.54. The molecule has 1 saturated heterocycles. The second kappa shape index (κ2) is 7.83. The van der Waals surface area contributed by atoms with Gasteiger partial charge in [-0.15, -0.1) is 0 Å². The molecule has 2 heterocycles. The molecule has 2 aromatic rings. The summed E-state index contributed by atoms with van der Waals surface area (Å²) in [6, 6.07) is 7.41. The van der Waals surface area contributed by atoms with Gasteiger partial charge >= 0.3 is 0 Å². The summed E-state index contributed by atoms with van der Waals surface area (Å²) in [4.78, 5) is 8.50. The molecule has 1 aliphatic heterocycles. The molecule has 0 spiro atoms. The molecule has 1 fully saturated rings. The normalized spacial score (nSPS) is 16.7. The molecular weight excluding hydrogens is 308 g/mol. The second-order valence-corrected chi connectivity index (χ2v) is 5.50. The highest BCUT2D eigenvalue weighted by Crippen LogP contribution is 2.31. The number of nitrogens with zero attached hydrogens (tertiary/aromatic N) is 2. The molecule has 7 nitrogen and oxygen atoms in total. The number of hydrogen-bond donors (Lipinski definition) is 2. The van der Waals surface area contributed by atoms with Crippen LogP contribution < -0.4 is 20.1 Å². The summed E-state index contributed by atoms with van der Waals surface area (Å²) >= 11 is 0. The lowest BCUT2D eigenvalue weighted by molar-refractivity contribution is 0.120. The first-order valence-electron chi connectivity index (χ1n) is 7.95. The minimum atomic E-state index is 0.259. The molecule has 0 aliphatic carbocycles. The first kappa shape index (κ1) is 16.3. The third-order valence-corrected chi connectivity index (χ3v) is 3.87. The number of benzene rings is 1. The second-order valence-electron chi connectivity index (χ2n) is 5.50. The van der Waals surface area contributed by atoms with Gasteiger partial charge in [-0.25, -0.2) is 9.97 Å². The molecule has 2 N–H and O–H groups in total. The van der Waals surface area contributed by atoms with Crippen LogP contribution in [0.25, 0.3) is 0 Å². The predicted molar refractivity (Wildman–Crippen MR) is 92.3 cm³/mol. The zero-order chi connectivity index (χ0) is 16.8. The molecule has 7 heteroatoms. The molecule has 0 amide bonds. The van der Waals surface area contributed by atoms with E-state index >= 15 is 0 Å². The SMILES string of the molecule is COc1ccc(OC)c(Nc2cc(NCC3CCCO3)ncn2)c1. The highest BCUT2D eigenvalue weighted by molar-refractivity contribution is 5.67. The van der Waals surface area contributed by atoms with Gasteiger partial charge in [0.1, 0.15) is 29.5 Å². The number of ether oxygens (including phenoxy) is 3. The van der Waals surface area contributed by atoms with Crippen LogP contribution >= 0.6 is 0 Å². The average molecular weight is 330 g/mol. The molecule has 0 radical (unpaired) electrons. The van der Waals surface area contributed by atoms with Crippen LogP contribution in [0.3, 0.4) is 0 Å². The molecule has 0 bridgehead atoms. The Morgan fingerprint density at radius 2 is 2.04 bits per heavy atom. The standard InChI is InChI=1S/C17H22N4O3/c1-22-12-5-6-15(23-2)14(8-12)21-17-9-16(19-11-20-17)18-10-13-4-3-7-24-13/h5-6,8-9,11,13H,3-4,7,10H2,1-2H3,(H2,18,19,20,21). The van der Waals surface area contributed by atoms with Crippen molar-refractivity contribution in [1.82, 2.24) is 9.97 Å². The molecule has 1 atom stereocenters. The van der Waals surface area contributed by atoms with Gasteiger partial charge in [-0.2, -0.15) is 0 Å². The van der Waals surface area contributed by atoms with Crippen LogP contribution in [0.4, 0.5) is 17.3 Å². The molecule has 24 heavy (non-hydrogen) atoms. The molecule has 1 unspecified atom stereocenters. The van der Waals surface area contributed by atoms with Crippen molar-refractivity contribution in [3.63, 3.8) is 0 Å². The highest BCUT2D eigenvalue weighted by Gasteiger charge is 2.15. The van der Waals surface area contributed by atoms with Crippen molar-refractivity contribution in [3.8, 4) is 11.5 Å². The van der Waals surface area contributed by atoms with Crippen molar-refractivity contribution in [2.75, 3.05) is 38.0 Å². The van der Waals surface area contributed by atoms with Crippen molar-refractivity contribution >= 4 is 17.3 Å². The van der Waals surface area contributed by atoms with E-state index in [0.29, 0.717) is 11.6 Å². The van der Waals surface area contributed by atoms with E-state index < -0.39 is 0 Å². The van der Waals surface area contributed by atoms with Gasteiger partial charge in [0.25, 0.3) is 0 Å². The van der Waals surface area contributed by atoms with E-state index in [1.54, 1.807) is 14.2 Å². The van der Waals surface area contributed by atoms with Crippen molar-refractivity contribution < 1.29 is 14.2 Å². The van der Waals surface area contributed by atoms with Crippen molar-refractivity contribution in [1.29, 1.82) is 0 Å². The van der Waals surface area contributed by atoms with Gasteiger partial charge in [-0.05, 0) is 25.0 Å². The lowest BCUT2D eigenvalue weighted by atomic mass is 10.2. The van der Waals surface area contributed by atoms with Crippen LogP contribution in [0.15, 0.2) is 30.6 Å². The van der Waals surface area contributed by atoms with Gasteiger partial charge in [-0.3, -0.25) is 0 Å². The fourth-order valence-corrected chi connectivity index (χ4v) is 2.60. The zero-order valence-electron chi connectivity index (χ0n) is 13.9. The highest BCUT2D eigenvalue weighted by atomic mass is 16.5. The fraction of sp³-hybridized carbons (Fsp3) is 0.412. The van der Waals surface area contributed by atoms with Crippen LogP contribution in [-0.2, 0) is 4.74 Å². The minimum Gasteiger partial charge on any atom is -0.497 e. The summed E-state index contributed by atoms with van der Waals surface area (Å²) < 4.78 is 16.2. The van der Waals surface area contributed by atoms with Crippen LogP contribution in [0.1, 0.15) is 12.8 Å². The lowest BCUT2D eigenvalue weighted by Gasteiger charge is -2.14. The maximum absolute atomic E-state index is 5.60. The maximum Gasteiger partial charge on any atom is 0.142 e. The first-order chi connectivity index (χ1) is 11.8. The van der Waals surface area contributed by atoms with Gasteiger partial charge in [0.15, 0.2) is 0 Å².